The Kier molecular flexibility index (Phi) is 5.52. The summed E-state index contributed by atoms with van der Waals surface area (Å²) in [5.74, 6) is 1.91. The Balaban J connectivity index is 1.50. The summed E-state index contributed by atoms with van der Waals surface area (Å²) in [6, 6.07) is 19.6. The minimum atomic E-state index is -0.404. The van der Waals surface area contributed by atoms with E-state index in [2.05, 4.69) is 36.1 Å². The van der Waals surface area contributed by atoms with Crippen LogP contribution in [-0.4, -0.2) is 25.9 Å². The minimum absolute atomic E-state index is 0.404. The molecule has 4 aromatic rings. The first-order valence-corrected chi connectivity index (χ1v) is 10.8. The van der Waals surface area contributed by atoms with E-state index in [0.717, 1.165) is 23.2 Å². The Morgan fingerprint density at radius 3 is 2.48 bits per heavy atom. The summed E-state index contributed by atoms with van der Waals surface area (Å²) in [6.45, 7) is 3.96. The third kappa shape index (κ3) is 4.05. The molecule has 3 aromatic carbocycles. The van der Waals surface area contributed by atoms with Crippen molar-refractivity contribution in [2.45, 2.75) is 20.0 Å². The van der Waals surface area contributed by atoms with Gasteiger partial charge in [0.2, 0.25) is 0 Å². The fourth-order valence-electron chi connectivity index (χ4n) is 4.20. The first-order chi connectivity index (χ1) is 16.1. The normalized spacial score (nSPS) is 13.4. The largest absolute Gasteiger partial charge is 0.493 e. The van der Waals surface area contributed by atoms with Gasteiger partial charge >= 0.3 is 5.63 Å². The van der Waals surface area contributed by atoms with Gasteiger partial charge in [0.05, 0.1) is 25.3 Å². The van der Waals surface area contributed by atoms with Crippen LogP contribution in [0.5, 0.6) is 17.2 Å². The summed E-state index contributed by atoms with van der Waals surface area (Å²) in [7, 11) is 3.15. The van der Waals surface area contributed by atoms with E-state index in [0.29, 0.717) is 41.5 Å². The summed E-state index contributed by atoms with van der Waals surface area (Å²) in [5, 5.41) is 0.846. The van der Waals surface area contributed by atoms with Crippen LogP contribution in [0.25, 0.3) is 22.1 Å². The first-order valence-electron chi connectivity index (χ1n) is 10.8. The quantitative estimate of drug-likeness (QED) is 0.398. The molecule has 0 unspecified atom stereocenters. The smallest absolute Gasteiger partial charge is 0.344 e. The number of hydrogen-bond donors (Lipinski definition) is 0. The number of rotatable bonds is 5. The number of nitrogens with zero attached hydrogens (tertiary/aromatic N) is 1. The molecule has 0 atom stereocenters. The fraction of sp³-hybridized carbons (Fsp3) is 0.222. The van der Waals surface area contributed by atoms with Crippen LogP contribution in [0.1, 0.15) is 16.7 Å². The molecule has 0 radical (unpaired) electrons. The average Bonchev–Trinajstić information content (AvgIpc) is 2.84. The molecule has 0 saturated heterocycles. The lowest BCUT2D eigenvalue weighted by Crippen LogP contribution is -2.31. The van der Waals surface area contributed by atoms with Crippen molar-refractivity contribution < 1.29 is 18.6 Å². The molecule has 5 rings (SSSR count). The maximum Gasteiger partial charge on any atom is 0.344 e. The molecule has 0 fully saturated rings. The SMILES string of the molecule is COc1ccc(-c2cc3ccc4c(c3oc2=O)CN(Cc2ccc(C)cc2)CO4)cc1OC. The van der Waals surface area contributed by atoms with Gasteiger partial charge in [0, 0.05) is 18.5 Å². The second-order valence-electron chi connectivity index (χ2n) is 8.22. The molecule has 0 N–H and O–H groups in total. The van der Waals surface area contributed by atoms with Gasteiger partial charge in [-0.15, -0.1) is 0 Å². The van der Waals surface area contributed by atoms with Crippen LogP contribution in [-0.2, 0) is 13.1 Å². The lowest BCUT2D eigenvalue weighted by molar-refractivity contribution is 0.0890. The number of aryl methyl sites for hydroxylation is 1. The maximum atomic E-state index is 13.0. The van der Waals surface area contributed by atoms with Crippen molar-refractivity contribution in [1.29, 1.82) is 0 Å². The van der Waals surface area contributed by atoms with Gasteiger partial charge in [0.25, 0.3) is 0 Å². The zero-order chi connectivity index (χ0) is 22.9. The third-order valence-corrected chi connectivity index (χ3v) is 5.97. The van der Waals surface area contributed by atoms with Crippen LogP contribution in [0.3, 0.4) is 0 Å². The summed E-state index contributed by atoms with van der Waals surface area (Å²) in [5.41, 5.74) is 4.67. The summed E-state index contributed by atoms with van der Waals surface area (Å²) in [4.78, 5) is 15.2. The molecule has 0 bridgehead atoms. The van der Waals surface area contributed by atoms with Crippen molar-refractivity contribution in [3.8, 4) is 28.4 Å². The molecule has 0 aliphatic carbocycles. The highest BCUT2D eigenvalue weighted by molar-refractivity contribution is 5.86. The van der Waals surface area contributed by atoms with Gasteiger partial charge in [-0.25, -0.2) is 4.79 Å². The number of hydrogen-bond acceptors (Lipinski definition) is 6. The van der Waals surface area contributed by atoms with Crippen LogP contribution in [0.4, 0.5) is 0 Å². The van der Waals surface area contributed by atoms with Crippen molar-refractivity contribution in [2.24, 2.45) is 0 Å². The maximum absolute atomic E-state index is 13.0. The second kappa shape index (κ2) is 8.64. The number of ether oxygens (including phenoxy) is 3. The van der Waals surface area contributed by atoms with E-state index in [4.69, 9.17) is 18.6 Å². The van der Waals surface area contributed by atoms with E-state index >= 15 is 0 Å². The molecule has 6 nitrogen and oxygen atoms in total. The van der Waals surface area contributed by atoms with E-state index in [1.54, 1.807) is 26.4 Å². The highest BCUT2D eigenvalue weighted by atomic mass is 16.5. The Labute approximate surface area is 191 Å². The summed E-state index contributed by atoms with van der Waals surface area (Å²) in [6.07, 6.45) is 0. The van der Waals surface area contributed by atoms with Crippen molar-refractivity contribution in [1.82, 2.24) is 4.90 Å². The van der Waals surface area contributed by atoms with Gasteiger partial charge in [-0.2, -0.15) is 0 Å². The predicted octanol–water partition coefficient (Wildman–Crippen LogP) is 5.14. The van der Waals surface area contributed by atoms with Crippen LogP contribution in [0.2, 0.25) is 0 Å². The average molecular weight is 443 g/mol. The highest BCUT2D eigenvalue weighted by Crippen LogP contribution is 2.35. The topological polar surface area (TPSA) is 61.1 Å². The molecule has 33 heavy (non-hydrogen) atoms. The Morgan fingerprint density at radius 2 is 1.73 bits per heavy atom. The molecule has 0 spiro atoms. The predicted molar refractivity (Wildman–Crippen MR) is 127 cm³/mol. The Bertz CT molecular complexity index is 1370. The molecule has 2 heterocycles. The van der Waals surface area contributed by atoms with Gasteiger partial charge in [-0.1, -0.05) is 35.9 Å². The van der Waals surface area contributed by atoms with Crippen LogP contribution in [0, 0.1) is 6.92 Å². The zero-order valence-corrected chi connectivity index (χ0v) is 18.9. The third-order valence-electron chi connectivity index (χ3n) is 5.97. The van der Waals surface area contributed by atoms with E-state index in [1.165, 1.54) is 11.1 Å². The second-order valence-corrected chi connectivity index (χ2v) is 8.22. The first kappa shape index (κ1) is 21.1. The van der Waals surface area contributed by atoms with Gasteiger partial charge < -0.3 is 18.6 Å². The van der Waals surface area contributed by atoms with E-state index < -0.39 is 5.63 Å². The minimum Gasteiger partial charge on any atom is -0.493 e. The van der Waals surface area contributed by atoms with E-state index in [-0.39, 0.29) is 0 Å². The fourth-order valence-corrected chi connectivity index (χ4v) is 4.20. The molecule has 1 aliphatic rings. The number of methoxy groups -OCH3 is 2. The number of fused-ring (bicyclic) bond motifs is 3. The lowest BCUT2D eigenvalue weighted by atomic mass is 10.0. The summed E-state index contributed by atoms with van der Waals surface area (Å²) >= 11 is 0. The van der Waals surface area contributed by atoms with Crippen molar-refractivity contribution in [3.63, 3.8) is 0 Å². The molecule has 168 valence electrons. The highest BCUT2D eigenvalue weighted by Gasteiger charge is 2.22. The van der Waals surface area contributed by atoms with Crippen LogP contribution in [0.15, 0.2) is 69.9 Å². The van der Waals surface area contributed by atoms with E-state index in [1.807, 2.05) is 24.3 Å². The molecule has 0 amide bonds. The molecule has 0 saturated carbocycles. The Hall–Kier alpha value is -3.77. The van der Waals surface area contributed by atoms with Crippen molar-refractivity contribution in [2.75, 3.05) is 21.0 Å². The lowest BCUT2D eigenvalue weighted by Gasteiger charge is -2.29. The molecule has 1 aliphatic heterocycles. The molecular formula is C27H25NO5. The standard InChI is InChI=1S/C27H25NO5/c1-17-4-6-18(7-5-17)14-28-15-22-23(32-16-28)10-9-20-12-21(27(29)33-26(20)22)19-8-11-24(30-2)25(13-19)31-3/h4-13H,14-16H2,1-3H3. The van der Waals surface area contributed by atoms with Gasteiger partial charge in [-0.3, -0.25) is 4.90 Å². The number of benzene rings is 3. The molecular weight excluding hydrogens is 418 g/mol. The Morgan fingerprint density at radius 1 is 0.939 bits per heavy atom. The monoisotopic (exact) mass is 443 g/mol. The van der Waals surface area contributed by atoms with Gasteiger partial charge in [-0.05, 0) is 48.4 Å². The van der Waals surface area contributed by atoms with Gasteiger partial charge in [0.1, 0.15) is 18.1 Å². The summed E-state index contributed by atoms with van der Waals surface area (Å²) < 4.78 is 22.5. The molecule has 1 aromatic heterocycles. The van der Waals surface area contributed by atoms with Gasteiger partial charge in [0.15, 0.2) is 11.5 Å². The van der Waals surface area contributed by atoms with Crippen LogP contribution >= 0.6 is 0 Å². The van der Waals surface area contributed by atoms with Crippen molar-refractivity contribution >= 4 is 11.0 Å². The van der Waals surface area contributed by atoms with Crippen molar-refractivity contribution in [3.05, 3.63) is 87.8 Å². The zero-order valence-electron chi connectivity index (χ0n) is 18.9. The van der Waals surface area contributed by atoms with E-state index in [9.17, 15) is 4.79 Å². The van der Waals surface area contributed by atoms with Crippen LogP contribution < -0.4 is 19.8 Å². The molecule has 6 heteroatoms.